The van der Waals surface area contributed by atoms with Gasteiger partial charge in [-0.15, -0.1) is 0 Å². The van der Waals surface area contributed by atoms with Crippen LogP contribution >= 0.6 is 0 Å². The van der Waals surface area contributed by atoms with Gasteiger partial charge in [0, 0.05) is 36.6 Å². The Morgan fingerprint density at radius 3 is 2.29 bits per heavy atom. The number of amides is 1. The molecule has 1 aliphatic rings. The van der Waals surface area contributed by atoms with Crippen molar-refractivity contribution in [2.24, 2.45) is 0 Å². The van der Waals surface area contributed by atoms with Crippen LogP contribution in [-0.2, 0) is 16.6 Å². The second kappa shape index (κ2) is 9.64. The summed E-state index contributed by atoms with van der Waals surface area (Å²) < 4.78 is 43.2. The molecule has 6 nitrogen and oxygen atoms in total. The number of carbonyl (C=O) groups is 1. The number of para-hydroxylation sites is 1. The Kier molecular flexibility index (Phi) is 6.40. The molecule has 4 aromatic rings. The molecule has 1 aromatic heterocycles. The van der Waals surface area contributed by atoms with Crippen LogP contribution < -0.4 is 4.72 Å². The van der Waals surface area contributed by atoms with E-state index in [1.807, 2.05) is 60.7 Å². The van der Waals surface area contributed by atoms with E-state index in [1.165, 1.54) is 12.1 Å². The van der Waals surface area contributed by atoms with E-state index in [4.69, 9.17) is 0 Å². The number of hydrogen-bond donors (Lipinski definition) is 1. The van der Waals surface area contributed by atoms with E-state index in [9.17, 15) is 17.6 Å². The van der Waals surface area contributed by atoms with E-state index in [0.717, 1.165) is 28.6 Å². The van der Waals surface area contributed by atoms with Crippen LogP contribution in [0, 0.1) is 5.82 Å². The number of hydrogen-bond acceptors (Lipinski definition) is 3. The lowest BCUT2D eigenvalue weighted by molar-refractivity contribution is 0.0701. The number of sulfonamides is 1. The van der Waals surface area contributed by atoms with Gasteiger partial charge in [0.15, 0.2) is 0 Å². The highest BCUT2D eigenvalue weighted by molar-refractivity contribution is 7.89. The van der Waals surface area contributed by atoms with E-state index in [2.05, 4.69) is 9.29 Å². The van der Waals surface area contributed by atoms with Crippen molar-refractivity contribution in [3.8, 4) is 0 Å². The smallest absolute Gasteiger partial charge is 0.270 e. The molecule has 0 unspecified atom stereocenters. The van der Waals surface area contributed by atoms with Crippen molar-refractivity contribution in [2.45, 2.75) is 30.3 Å². The first-order chi connectivity index (χ1) is 16.9. The van der Waals surface area contributed by atoms with Gasteiger partial charge in [0.25, 0.3) is 5.91 Å². The van der Waals surface area contributed by atoms with Crippen LogP contribution in [0.2, 0.25) is 0 Å². The highest BCUT2D eigenvalue weighted by Gasteiger charge is 2.29. The van der Waals surface area contributed by atoms with Crippen molar-refractivity contribution < 1.29 is 17.6 Å². The second-order valence-electron chi connectivity index (χ2n) is 8.80. The third-order valence-electron chi connectivity index (χ3n) is 6.44. The van der Waals surface area contributed by atoms with Crippen molar-refractivity contribution in [1.82, 2.24) is 14.2 Å². The average Bonchev–Trinajstić information content (AvgIpc) is 3.23. The molecule has 2 heterocycles. The van der Waals surface area contributed by atoms with E-state index in [0.29, 0.717) is 38.2 Å². The highest BCUT2D eigenvalue weighted by atomic mass is 32.2. The third-order valence-corrected chi connectivity index (χ3v) is 7.98. The number of nitrogens with one attached hydrogen (secondary N) is 1. The van der Waals surface area contributed by atoms with Gasteiger partial charge in [0.1, 0.15) is 11.5 Å². The number of carbonyl (C=O) groups excluding carboxylic acids is 1. The molecule has 0 radical (unpaired) electrons. The number of likely N-dealkylation sites (tertiary alicyclic amines) is 1. The minimum Gasteiger partial charge on any atom is -0.337 e. The van der Waals surface area contributed by atoms with Crippen LogP contribution in [0.1, 0.15) is 28.9 Å². The summed E-state index contributed by atoms with van der Waals surface area (Å²) in [4.78, 5) is 15.4. The molecule has 3 aromatic carbocycles. The Balaban J connectivity index is 1.31. The predicted molar refractivity (Wildman–Crippen MR) is 133 cm³/mol. The largest absolute Gasteiger partial charge is 0.337 e. The minimum atomic E-state index is -3.75. The third kappa shape index (κ3) is 4.99. The zero-order valence-corrected chi connectivity index (χ0v) is 19.9. The molecule has 8 heteroatoms. The summed E-state index contributed by atoms with van der Waals surface area (Å²) in [5.74, 6) is -0.544. The molecule has 0 aliphatic carbocycles. The minimum absolute atomic E-state index is 0.0304. The van der Waals surface area contributed by atoms with Gasteiger partial charge >= 0.3 is 0 Å². The van der Waals surface area contributed by atoms with Crippen LogP contribution in [0.25, 0.3) is 10.9 Å². The summed E-state index contributed by atoms with van der Waals surface area (Å²) in [6.45, 7) is 1.48. The quantitative estimate of drug-likeness (QED) is 0.434. The highest BCUT2D eigenvalue weighted by Crippen LogP contribution is 2.24. The fourth-order valence-corrected chi connectivity index (χ4v) is 5.89. The summed E-state index contributed by atoms with van der Waals surface area (Å²) in [5, 5.41) is 1.01. The van der Waals surface area contributed by atoms with Gasteiger partial charge in [-0.25, -0.2) is 17.5 Å². The van der Waals surface area contributed by atoms with Crippen LogP contribution in [0.3, 0.4) is 0 Å². The molecule has 1 amide bonds. The lowest BCUT2D eigenvalue weighted by Crippen LogP contribution is -2.46. The van der Waals surface area contributed by atoms with Gasteiger partial charge in [0.05, 0.1) is 4.90 Å². The van der Waals surface area contributed by atoms with Gasteiger partial charge in [0.2, 0.25) is 10.0 Å². The van der Waals surface area contributed by atoms with Gasteiger partial charge < -0.3 is 9.47 Å². The van der Waals surface area contributed by atoms with Crippen molar-refractivity contribution in [3.63, 3.8) is 0 Å². The van der Waals surface area contributed by atoms with Crippen molar-refractivity contribution in [3.05, 3.63) is 102 Å². The van der Waals surface area contributed by atoms with Gasteiger partial charge in [-0.3, -0.25) is 4.79 Å². The molecule has 0 atom stereocenters. The first-order valence-electron chi connectivity index (χ1n) is 11.6. The molecular weight excluding hydrogens is 465 g/mol. The molecule has 180 valence electrons. The fourth-order valence-electron chi connectivity index (χ4n) is 4.59. The van der Waals surface area contributed by atoms with Gasteiger partial charge in [-0.1, -0.05) is 48.5 Å². The van der Waals surface area contributed by atoms with E-state index < -0.39 is 15.8 Å². The average molecular weight is 492 g/mol. The lowest BCUT2D eigenvalue weighted by Gasteiger charge is -2.32. The zero-order chi connectivity index (χ0) is 24.4. The first-order valence-corrected chi connectivity index (χ1v) is 13.1. The maximum Gasteiger partial charge on any atom is 0.270 e. The topological polar surface area (TPSA) is 71.4 Å². The molecule has 1 saturated heterocycles. The summed E-state index contributed by atoms with van der Waals surface area (Å²) >= 11 is 0. The van der Waals surface area contributed by atoms with Gasteiger partial charge in [-0.05, 0) is 54.8 Å². The van der Waals surface area contributed by atoms with Crippen molar-refractivity contribution in [1.29, 1.82) is 0 Å². The second-order valence-corrected chi connectivity index (χ2v) is 10.5. The Hall–Kier alpha value is -3.49. The Labute approximate surface area is 204 Å². The first kappa shape index (κ1) is 23.3. The Bertz CT molecular complexity index is 1440. The SMILES string of the molecule is O=C(c1cc2ccccc2n1Cc1ccccc1)N1CCC(NS(=O)(=O)c2ccc(F)cc2)CC1. The number of fused-ring (bicyclic) bond motifs is 1. The van der Waals surface area contributed by atoms with Crippen LogP contribution in [-0.4, -0.2) is 42.9 Å². The number of nitrogens with zero attached hydrogens (tertiary/aromatic N) is 2. The van der Waals surface area contributed by atoms with E-state index in [1.54, 1.807) is 4.90 Å². The van der Waals surface area contributed by atoms with Crippen molar-refractivity contribution in [2.75, 3.05) is 13.1 Å². The normalized spacial score (nSPS) is 14.9. The molecule has 35 heavy (non-hydrogen) atoms. The zero-order valence-electron chi connectivity index (χ0n) is 19.1. The van der Waals surface area contributed by atoms with Crippen LogP contribution in [0.5, 0.6) is 0 Å². The monoisotopic (exact) mass is 491 g/mol. The molecule has 5 rings (SSSR count). The summed E-state index contributed by atoms with van der Waals surface area (Å²) in [5.41, 5.74) is 2.74. The molecule has 0 spiro atoms. The molecular formula is C27H26FN3O3S. The molecule has 1 N–H and O–H groups in total. The number of piperidine rings is 1. The van der Waals surface area contributed by atoms with Crippen LogP contribution in [0.4, 0.5) is 4.39 Å². The number of halogens is 1. The summed E-state index contributed by atoms with van der Waals surface area (Å²) in [6.07, 6.45) is 1.01. The standard InChI is InChI=1S/C27H26FN3O3S/c28-22-10-12-24(13-11-22)35(33,34)29-23-14-16-30(17-15-23)27(32)26-18-21-8-4-5-9-25(21)31(26)19-20-6-2-1-3-7-20/h1-13,18,23,29H,14-17,19H2. The lowest BCUT2D eigenvalue weighted by atomic mass is 10.1. The van der Waals surface area contributed by atoms with Crippen LogP contribution in [0.15, 0.2) is 89.8 Å². The maximum atomic E-state index is 13.6. The summed E-state index contributed by atoms with van der Waals surface area (Å²) in [7, 11) is -3.75. The Morgan fingerprint density at radius 1 is 0.914 bits per heavy atom. The van der Waals surface area contributed by atoms with Gasteiger partial charge in [-0.2, -0.15) is 0 Å². The molecule has 1 fully saturated rings. The number of aromatic nitrogens is 1. The van der Waals surface area contributed by atoms with Crippen molar-refractivity contribution >= 4 is 26.8 Å². The molecule has 1 aliphatic heterocycles. The number of rotatable bonds is 6. The fraction of sp³-hybridized carbons (Fsp3) is 0.222. The predicted octanol–water partition coefficient (Wildman–Crippen LogP) is 4.41. The Morgan fingerprint density at radius 2 is 1.57 bits per heavy atom. The maximum absolute atomic E-state index is 13.6. The summed E-state index contributed by atoms with van der Waals surface area (Å²) in [6, 6.07) is 24.4. The number of benzene rings is 3. The molecule has 0 saturated carbocycles. The van der Waals surface area contributed by atoms with E-state index >= 15 is 0 Å². The van der Waals surface area contributed by atoms with E-state index in [-0.39, 0.29) is 16.8 Å². The molecule has 0 bridgehead atoms.